The predicted molar refractivity (Wildman–Crippen MR) is 135 cm³/mol. The second-order valence-electron chi connectivity index (χ2n) is 8.76. The minimum absolute atomic E-state index is 0.0653. The number of pyridine rings is 1. The Kier molecular flexibility index (Phi) is 6.99. The van der Waals surface area contributed by atoms with Crippen LogP contribution in [-0.4, -0.2) is 47.3 Å². The number of carbonyl (C=O) groups is 1. The lowest BCUT2D eigenvalue weighted by atomic mass is 10.0. The van der Waals surface area contributed by atoms with Crippen molar-refractivity contribution < 1.29 is 18.3 Å². The van der Waals surface area contributed by atoms with Gasteiger partial charge in [0.25, 0.3) is 5.91 Å². The van der Waals surface area contributed by atoms with E-state index in [9.17, 15) is 9.18 Å². The average Bonchev–Trinajstić information content (AvgIpc) is 3.33. The fourth-order valence-corrected chi connectivity index (χ4v) is 5.44. The van der Waals surface area contributed by atoms with Crippen molar-refractivity contribution in [2.24, 2.45) is 0 Å². The van der Waals surface area contributed by atoms with Crippen LogP contribution in [0.4, 0.5) is 14.6 Å². The summed E-state index contributed by atoms with van der Waals surface area (Å²) in [6.45, 7) is 3.51. The number of fused-ring (bicyclic) bond motifs is 1. The molecule has 1 aliphatic rings. The summed E-state index contributed by atoms with van der Waals surface area (Å²) in [4.78, 5) is 20.0. The van der Waals surface area contributed by atoms with E-state index in [0.717, 1.165) is 19.4 Å². The second kappa shape index (κ2) is 10.3. The van der Waals surface area contributed by atoms with Gasteiger partial charge in [-0.3, -0.25) is 9.69 Å². The number of methoxy groups -OCH3 is 1. The number of benzene rings is 2. The number of aromatic nitrogens is 3. The summed E-state index contributed by atoms with van der Waals surface area (Å²) in [6.07, 6.45) is 3.17. The van der Waals surface area contributed by atoms with Crippen molar-refractivity contribution in [1.29, 1.82) is 0 Å². The topological polar surface area (TPSA) is 80.2 Å². The van der Waals surface area contributed by atoms with Gasteiger partial charge in [0, 0.05) is 30.8 Å². The fourth-order valence-electron chi connectivity index (χ4n) is 4.63. The fraction of sp³-hybridized carbons (Fsp3) is 0.308. The number of nitrogens with one attached hydrogen (secondary N) is 1. The molecule has 2 aromatic heterocycles. The minimum Gasteiger partial charge on any atom is -0.377 e. The summed E-state index contributed by atoms with van der Waals surface area (Å²) in [5.74, 6) is -1.10. The number of rotatable bonds is 6. The SMILES string of the molecule is COCc1nnc(-c2ccc(C(=O)N(c3nccc4cc(F)cc(C)c34)[C@@H]3CCCNC3)c(F)c2)s1. The Labute approximate surface area is 211 Å². The van der Waals surface area contributed by atoms with Gasteiger partial charge >= 0.3 is 0 Å². The molecule has 1 atom stereocenters. The van der Waals surface area contributed by atoms with Gasteiger partial charge in [0.05, 0.1) is 18.2 Å². The second-order valence-corrected chi connectivity index (χ2v) is 9.82. The van der Waals surface area contributed by atoms with E-state index in [-0.39, 0.29) is 17.4 Å². The Morgan fingerprint density at radius 3 is 2.83 bits per heavy atom. The van der Waals surface area contributed by atoms with E-state index in [0.29, 0.717) is 50.9 Å². The van der Waals surface area contributed by atoms with E-state index in [1.54, 1.807) is 37.3 Å². The normalized spacial score (nSPS) is 15.8. The number of anilines is 1. The highest BCUT2D eigenvalue weighted by Gasteiger charge is 2.32. The van der Waals surface area contributed by atoms with E-state index >= 15 is 4.39 Å². The minimum atomic E-state index is -0.655. The summed E-state index contributed by atoms with van der Waals surface area (Å²) in [5.41, 5.74) is 1.13. The van der Waals surface area contributed by atoms with E-state index < -0.39 is 11.7 Å². The molecule has 0 radical (unpaired) electrons. The first-order chi connectivity index (χ1) is 17.5. The van der Waals surface area contributed by atoms with Crippen molar-refractivity contribution in [1.82, 2.24) is 20.5 Å². The van der Waals surface area contributed by atoms with Crippen LogP contribution in [0.1, 0.15) is 33.8 Å². The van der Waals surface area contributed by atoms with Gasteiger partial charge in [-0.1, -0.05) is 17.4 Å². The van der Waals surface area contributed by atoms with Gasteiger partial charge in [0.1, 0.15) is 27.5 Å². The van der Waals surface area contributed by atoms with Gasteiger partial charge in [0.2, 0.25) is 0 Å². The van der Waals surface area contributed by atoms with Gasteiger partial charge in [0.15, 0.2) is 0 Å². The number of hydrogen-bond donors (Lipinski definition) is 1. The zero-order valence-corrected chi connectivity index (χ0v) is 20.7. The smallest absolute Gasteiger partial charge is 0.262 e. The number of hydrogen-bond acceptors (Lipinski definition) is 7. The van der Waals surface area contributed by atoms with Crippen molar-refractivity contribution in [2.45, 2.75) is 32.4 Å². The first-order valence-corrected chi connectivity index (χ1v) is 12.5. The molecule has 4 aromatic rings. The molecule has 10 heteroatoms. The molecule has 1 N–H and O–H groups in total. The number of piperidine rings is 1. The molecule has 1 saturated heterocycles. The molecule has 0 spiro atoms. The standard InChI is InChI=1S/C26H25F2N5O2S/c1-15-10-18(27)11-16-7-9-30-24(23(15)16)33(19-4-3-8-29-13-19)26(34)20-6-5-17(12-21(20)28)25-32-31-22(36-25)14-35-2/h5-7,9-12,19,29H,3-4,8,13-14H2,1-2H3/t19-/m1/s1. The molecular weight excluding hydrogens is 484 g/mol. The summed E-state index contributed by atoms with van der Waals surface area (Å²) >= 11 is 1.31. The van der Waals surface area contributed by atoms with Crippen molar-refractivity contribution in [3.63, 3.8) is 0 Å². The van der Waals surface area contributed by atoms with Crippen molar-refractivity contribution in [2.75, 3.05) is 25.1 Å². The number of carbonyl (C=O) groups excluding carboxylic acids is 1. The van der Waals surface area contributed by atoms with Crippen LogP contribution in [0, 0.1) is 18.6 Å². The number of nitrogens with zero attached hydrogens (tertiary/aromatic N) is 4. The molecule has 0 aliphatic carbocycles. The molecule has 0 saturated carbocycles. The molecule has 2 aromatic carbocycles. The lowest BCUT2D eigenvalue weighted by Crippen LogP contribution is -2.49. The third-order valence-electron chi connectivity index (χ3n) is 6.27. The molecule has 7 nitrogen and oxygen atoms in total. The van der Waals surface area contributed by atoms with Gasteiger partial charge in [-0.05, 0) is 67.6 Å². The van der Waals surface area contributed by atoms with Gasteiger partial charge < -0.3 is 10.1 Å². The molecule has 0 bridgehead atoms. The Morgan fingerprint density at radius 2 is 2.08 bits per heavy atom. The zero-order chi connectivity index (χ0) is 25.2. The van der Waals surface area contributed by atoms with E-state index in [4.69, 9.17) is 4.74 Å². The monoisotopic (exact) mass is 509 g/mol. The molecular formula is C26H25F2N5O2S. The number of amides is 1. The van der Waals surface area contributed by atoms with Gasteiger partial charge in [-0.15, -0.1) is 10.2 Å². The van der Waals surface area contributed by atoms with Crippen LogP contribution in [0.2, 0.25) is 0 Å². The average molecular weight is 510 g/mol. The van der Waals surface area contributed by atoms with Crippen LogP contribution in [0.15, 0.2) is 42.6 Å². The van der Waals surface area contributed by atoms with Crippen LogP contribution < -0.4 is 10.2 Å². The van der Waals surface area contributed by atoms with Crippen molar-refractivity contribution in [3.8, 4) is 10.6 Å². The first kappa shape index (κ1) is 24.4. The largest absolute Gasteiger partial charge is 0.377 e. The zero-order valence-electron chi connectivity index (χ0n) is 19.9. The lowest BCUT2D eigenvalue weighted by molar-refractivity contribution is 0.0968. The summed E-state index contributed by atoms with van der Waals surface area (Å²) in [6, 6.07) is 8.78. The van der Waals surface area contributed by atoms with Gasteiger partial charge in [-0.25, -0.2) is 13.8 Å². The molecule has 1 amide bonds. The summed E-state index contributed by atoms with van der Waals surface area (Å²) in [7, 11) is 1.57. The molecule has 3 heterocycles. The summed E-state index contributed by atoms with van der Waals surface area (Å²) < 4.78 is 34.6. The van der Waals surface area contributed by atoms with E-state index in [1.807, 2.05) is 0 Å². The van der Waals surface area contributed by atoms with Crippen LogP contribution in [0.25, 0.3) is 21.3 Å². The molecule has 36 heavy (non-hydrogen) atoms. The van der Waals surface area contributed by atoms with Crippen LogP contribution in [-0.2, 0) is 11.3 Å². The Balaban J connectivity index is 1.57. The Morgan fingerprint density at radius 1 is 1.22 bits per heavy atom. The highest BCUT2D eigenvalue weighted by molar-refractivity contribution is 7.14. The quantitative estimate of drug-likeness (QED) is 0.399. The maximum atomic E-state index is 15.4. The lowest BCUT2D eigenvalue weighted by Gasteiger charge is -2.35. The third kappa shape index (κ3) is 4.71. The van der Waals surface area contributed by atoms with E-state index in [1.165, 1.54) is 35.6 Å². The first-order valence-electron chi connectivity index (χ1n) is 11.7. The maximum Gasteiger partial charge on any atom is 0.262 e. The molecule has 1 fully saturated rings. The van der Waals surface area contributed by atoms with Gasteiger partial charge in [-0.2, -0.15) is 0 Å². The number of aryl methyl sites for hydroxylation is 1. The number of ether oxygens (including phenoxy) is 1. The molecule has 5 rings (SSSR count). The predicted octanol–water partition coefficient (Wildman–Crippen LogP) is 4.89. The molecule has 186 valence electrons. The van der Waals surface area contributed by atoms with Crippen molar-refractivity contribution in [3.05, 3.63) is 70.4 Å². The molecule has 1 aliphatic heterocycles. The third-order valence-corrected chi connectivity index (χ3v) is 7.22. The van der Waals surface area contributed by atoms with Crippen LogP contribution in [0.3, 0.4) is 0 Å². The Bertz CT molecular complexity index is 1420. The highest BCUT2D eigenvalue weighted by Crippen LogP contribution is 2.33. The molecule has 0 unspecified atom stereocenters. The maximum absolute atomic E-state index is 15.4. The van der Waals surface area contributed by atoms with Crippen LogP contribution >= 0.6 is 11.3 Å². The van der Waals surface area contributed by atoms with Crippen LogP contribution in [0.5, 0.6) is 0 Å². The Hall–Kier alpha value is -3.34. The number of halogens is 2. The highest BCUT2D eigenvalue weighted by atomic mass is 32.1. The van der Waals surface area contributed by atoms with Crippen molar-refractivity contribution >= 4 is 33.8 Å². The summed E-state index contributed by atoms with van der Waals surface area (Å²) in [5, 5.41) is 14.0. The van der Waals surface area contributed by atoms with E-state index in [2.05, 4.69) is 20.5 Å².